The summed E-state index contributed by atoms with van der Waals surface area (Å²) >= 11 is 7.13. The maximum Gasteiger partial charge on any atom is 0.225 e. The van der Waals surface area contributed by atoms with Crippen molar-refractivity contribution >= 4 is 56.4 Å². The second-order valence-corrected chi connectivity index (χ2v) is 9.70. The minimum absolute atomic E-state index is 0.0340. The highest BCUT2D eigenvalue weighted by Crippen LogP contribution is 2.33. The van der Waals surface area contributed by atoms with Crippen LogP contribution in [0.5, 0.6) is 0 Å². The van der Waals surface area contributed by atoms with Crippen LogP contribution in [0.4, 0.5) is 15.8 Å². The highest BCUT2D eigenvalue weighted by Gasteiger charge is 2.20. The fraction of sp³-hybridized carbons (Fsp3) is 0.222. The number of halogens is 2. The third kappa shape index (κ3) is 5.03. The molecule has 0 spiro atoms. The van der Waals surface area contributed by atoms with Gasteiger partial charge >= 0.3 is 0 Å². The predicted molar refractivity (Wildman–Crippen MR) is 107 cm³/mol. The van der Waals surface area contributed by atoms with Crippen LogP contribution in [-0.4, -0.2) is 31.7 Å². The van der Waals surface area contributed by atoms with Crippen LogP contribution in [0.1, 0.15) is 12.8 Å². The van der Waals surface area contributed by atoms with Crippen molar-refractivity contribution in [2.75, 3.05) is 22.1 Å². The molecule has 6 nitrogen and oxygen atoms in total. The van der Waals surface area contributed by atoms with E-state index in [1.807, 2.05) is 0 Å². The zero-order valence-corrected chi connectivity index (χ0v) is 16.9. The Bertz CT molecular complexity index is 1040. The summed E-state index contributed by atoms with van der Waals surface area (Å²) in [6.07, 6.45) is 0.0739. The number of hydrogen-bond donors (Lipinski definition) is 2. The van der Waals surface area contributed by atoms with Gasteiger partial charge in [-0.15, -0.1) is 11.8 Å². The van der Waals surface area contributed by atoms with Crippen LogP contribution >= 0.6 is 23.4 Å². The van der Waals surface area contributed by atoms with E-state index in [2.05, 4.69) is 10.6 Å². The van der Waals surface area contributed by atoms with E-state index in [4.69, 9.17) is 11.6 Å². The van der Waals surface area contributed by atoms with Crippen LogP contribution in [0, 0.1) is 5.82 Å². The van der Waals surface area contributed by atoms with Gasteiger partial charge in [-0.3, -0.25) is 9.59 Å². The summed E-state index contributed by atoms with van der Waals surface area (Å²) in [5, 5.41) is 5.04. The second-order valence-electron chi connectivity index (χ2n) is 6.05. The van der Waals surface area contributed by atoms with Gasteiger partial charge in [-0.25, -0.2) is 12.8 Å². The van der Waals surface area contributed by atoms with Crippen molar-refractivity contribution in [1.29, 1.82) is 0 Å². The number of fused-ring (bicyclic) bond motifs is 1. The first-order valence-corrected chi connectivity index (χ1v) is 11.3. The number of thioether (sulfide) groups is 1. The molecule has 1 heterocycles. The second kappa shape index (κ2) is 8.50. The van der Waals surface area contributed by atoms with Crippen molar-refractivity contribution in [3.05, 3.63) is 47.2 Å². The van der Waals surface area contributed by atoms with Crippen LogP contribution < -0.4 is 10.6 Å². The van der Waals surface area contributed by atoms with E-state index < -0.39 is 27.3 Å². The predicted octanol–water partition coefficient (Wildman–Crippen LogP) is 3.72. The lowest BCUT2D eigenvalue weighted by atomic mass is 10.3. The quantitative estimate of drug-likeness (QED) is 0.736. The number of amides is 2. The van der Waals surface area contributed by atoms with Crippen LogP contribution in [0.2, 0.25) is 5.02 Å². The molecule has 0 saturated heterocycles. The number of anilines is 2. The first-order chi connectivity index (χ1) is 13.2. The number of nitrogens with one attached hydrogen (secondary N) is 2. The van der Waals surface area contributed by atoms with E-state index in [1.54, 1.807) is 6.07 Å². The lowest BCUT2D eigenvalue weighted by molar-refractivity contribution is -0.116. The molecule has 0 atom stereocenters. The Hall–Kier alpha value is -2.10. The van der Waals surface area contributed by atoms with Gasteiger partial charge in [-0.05, 0) is 36.4 Å². The number of sulfone groups is 1. The SMILES string of the molecule is O=C(CCS(=O)(=O)c1ccc2c(c1)NC(=O)CCS2)Nc1ccc(F)c(Cl)c1. The Kier molecular flexibility index (Phi) is 6.26. The third-order valence-corrected chi connectivity index (χ3v) is 7.05. The van der Waals surface area contributed by atoms with E-state index >= 15 is 0 Å². The van der Waals surface area contributed by atoms with E-state index in [0.717, 1.165) is 11.0 Å². The number of carbonyl (C=O) groups is 2. The minimum Gasteiger partial charge on any atom is -0.326 e. The van der Waals surface area contributed by atoms with Crippen LogP contribution in [-0.2, 0) is 19.4 Å². The highest BCUT2D eigenvalue weighted by atomic mass is 35.5. The molecule has 2 aromatic rings. The summed E-state index contributed by atoms with van der Waals surface area (Å²) in [4.78, 5) is 24.6. The molecule has 0 fully saturated rings. The van der Waals surface area contributed by atoms with E-state index in [9.17, 15) is 22.4 Å². The molecule has 28 heavy (non-hydrogen) atoms. The zero-order chi connectivity index (χ0) is 20.3. The molecule has 1 aliphatic heterocycles. The Balaban J connectivity index is 1.67. The molecule has 148 valence electrons. The van der Waals surface area contributed by atoms with Crippen LogP contribution in [0.15, 0.2) is 46.2 Å². The molecule has 0 aromatic heterocycles. The Morgan fingerprint density at radius 1 is 1.25 bits per heavy atom. The molecule has 2 amide bonds. The smallest absolute Gasteiger partial charge is 0.225 e. The molecule has 1 aliphatic rings. The van der Waals surface area contributed by atoms with E-state index in [-0.39, 0.29) is 27.9 Å². The number of benzene rings is 2. The Labute approximate surface area is 170 Å². The van der Waals surface area contributed by atoms with Crippen molar-refractivity contribution < 1.29 is 22.4 Å². The molecule has 0 bridgehead atoms. The molecule has 3 rings (SSSR count). The van der Waals surface area contributed by atoms with E-state index in [0.29, 0.717) is 17.9 Å². The lowest BCUT2D eigenvalue weighted by Crippen LogP contribution is -2.18. The highest BCUT2D eigenvalue weighted by molar-refractivity contribution is 7.99. The molecule has 0 unspecified atom stereocenters. The van der Waals surface area contributed by atoms with Gasteiger partial charge in [0.2, 0.25) is 11.8 Å². The van der Waals surface area contributed by atoms with Crippen molar-refractivity contribution in [3.8, 4) is 0 Å². The summed E-state index contributed by atoms with van der Waals surface area (Å²) in [5.41, 5.74) is 0.734. The third-order valence-electron chi connectivity index (χ3n) is 3.97. The summed E-state index contributed by atoms with van der Waals surface area (Å²) in [7, 11) is -3.73. The Morgan fingerprint density at radius 2 is 2.04 bits per heavy atom. The van der Waals surface area contributed by atoms with Crippen molar-refractivity contribution in [3.63, 3.8) is 0 Å². The summed E-state index contributed by atoms with van der Waals surface area (Å²) in [6.45, 7) is 0. The standard InChI is InChI=1S/C18H16ClFN2O4S2/c19-13-9-11(1-3-14(13)20)21-18(24)6-8-28(25,26)12-2-4-16-15(10-12)22-17(23)5-7-27-16/h1-4,9-10H,5-8H2,(H,21,24)(H,22,23). The zero-order valence-electron chi connectivity index (χ0n) is 14.5. The average Bonchev–Trinajstić information content (AvgIpc) is 2.83. The molecule has 2 aromatic carbocycles. The Morgan fingerprint density at radius 3 is 2.79 bits per heavy atom. The fourth-order valence-corrected chi connectivity index (χ4v) is 4.92. The summed E-state index contributed by atoms with van der Waals surface area (Å²) in [6, 6.07) is 8.22. The van der Waals surface area contributed by atoms with Crippen LogP contribution in [0.3, 0.4) is 0 Å². The van der Waals surface area contributed by atoms with E-state index in [1.165, 1.54) is 36.0 Å². The first-order valence-electron chi connectivity index (χ1n) is 8.29. The summed E-state index contributed by atoms with van der Waals surface area (Å²) < 4.78 is 38.3. The van der Waals surface area contributed by atoms with Crippen molar-refractivity contribution in [1.82, 2.24) is 0 Å². The van der Waals surface area contributed by atoms with Gasteiger partial charge in [0.15, 0.2) is 9.84 Å². The lowest BCUT2D eigenvalue weighted by Gasteiger charge is -2.10. The van der Waals surface area contributed by atoms with Crippen molar-refractivity contribution in [2.45, 2.75) is 22.6 Å². The monoisotopic (exact) mass is 442 g/mol. The van der Waals surface area contributed by atoms with Gasteiger partial charge in [0.25, 0.3) is 0 Å². The molecule has 0 aliphatic carbocycles. The van der Waals surface area contributed by atoms with Gasteiger partial charge in [0.05, 0.1) is 21.4 Å². The number of rotatable bonds is 5. The van der Waals surface area contributed by atoms with Gasteiger partial charge in [-0.1, -0.05) is 11.6 Å². The summed E-state index contributed by atoms with van der Waals surface area (Å²) in [5.74, 6) is -1.11. The average molecular weight is 443 g/mol. The van der Waals surface area contributed by atoms with Crippen LogP contribution in [0.25, 0.3) is 0 Å². The molecule has 0 radical (unpaired) electrons. The minimum atomic E-state index is -3.73. The van der Waals surface area contributed by atoms with Gasteiger partial charge in [-0.2, -0.15) is 0 Å². The fourth-order valence-electron chi connectivity index (χ4n) is 2.53. The maximum atomic E-state index is 13.1. The molecule has 10 heteroatoms. The normalized spacial score (nSPS) is 14.0. The maximum absolute atomic E-state index is 13.1. The van der Waals surface area contributed by atoms with Crippen molar-refractivity contribution in [2.24, 2.45) is 0 Å². The largest absolute Gasteiger partial charge is 0.326 e. The molecule has 0 saturated carbocycles. The first kappa shape index (κ1) is 20.6. The molecular weight excluding hydrogens is 427 g/mol. The number of carbonyl (C=O) groups excluding carboxylic acids is 2. The topological polar surface area (TPSA) is 92.3 Å². The van der Waals surface area contributed by atoms with Gasteiger partial charge in [0.1, 0.15) is 5.82 Å². The molecule has 2 N–H and O–H groups in total. The molecular formula is C18H16ClFN2O4S2. The van der Waals surface area contributed by atoms with Gasteiger partial charge in [0, 0.05) is 29.2 Å². The number of hydrogen-bond acceptors (Lipinski definition) is 5. The van der Waals surface area contributed by atoms with Gasteiger partial charge < -0.3 is 10.6 Å².